The molecule has 0 fully saturated rings. The second-order valence-corrected chi connectivity index (χ2v) is 10.9. The Labute approximate surface area is 178 Å². The van der Waals surface area contributed by atoms with E-state index >= 15 is 0 Å². The second kappa shape index (κ2) is 8.70. The molecule has 0 bridgehead atoms. The monoisotopic (exact) mass is 402 g/mol. The molecule has 0 atom stereocenters. The number of esters is 1. The Hall–Kier alpha value is -1.51. The van der Waals surface area contributed by atoms with Crippen LogP contribution >= 0.6 is 0 Å². The summed E-state index contributed by atoms with van der Waals surface area (Å²) < 4.78 is 12.7. The number of carbonyl (C=O) groups is 1. The van der Waals surface area contributed by atoms with E-state index in [0.29, 0.717) is 0 Å². The van der Waals surface area contributed by atoms with Crippen molar-refractivity contribution in [2.75, 3.05) is 0 Å². The standard InChI is InChI=1S/C26H42O3/c1-10-12-14-26(15-13-11-2)17-19-21(29-26)16-20(24(4,5)6)23(28-18(3)27)22(19)25(7,8)9/h16H,10-15,17H2,1-9H3. The topological polar surface area (TPSA) is 35.5 Å². The van der Waals surface area contributed by atoms with Crippen LogP contribution in [0.5, 0.6) is 11.5 Å². The van der Waals surface area contributed by atoms with E-state index in [4.69, 9.17) is 9.47 Å². The molecule has 0 saturated carbocycles. The highest BCUT2D eigenvalue weighted by Gasteiger charge is 2.43. The number of carbonyl (C=O) groups excluding carboxylic acids is 1. The lowest BCUT2D eigenvalue weighted by atomic mass is 9.75. The van der Waals surface area contributed by atoms with Crippen molar-refractivity contribution in [1.29, 1.82) is 0 Å². The largest absolute Gasteiger partial charge is 0.487 e. The first kappa shape index (κ1) is 23.8. The van der Waals surface area contributed by atoms with Crippen molar-refractivity contribution in [2.24, 2.45) is 0 Å². The maximum absolute atomic E-state index is 12.0. The fourth-order valence-corrected chi connectivity index (χ4v) is 4.54. The number of rotatable bonds is 7. The Balaban J connectivity index is 2.71. The fraction of sp³-hybridized carbons (Fsp3) is 0.731. The number of unbranched alkanes of at least 4 members (excludes halogenated alkanes) is 2. The van der Waals surface area contributed by atoms with Gasteiger partial charge in [0.05, 0.1) is 0 Å². The van der Waals surface area contributed by atoms with Gasteiger partial charge in [-0.25, -0.2) is 0 Å². The van der Waals surface area contributed by atoms with Gasteiger partial charge in [-0.1, -0.05) is 68.2 Å². The number of ether oxygens (including phenoxy) is 2. The average Bonchev–Trinajstić information content (AvgIpc) is 2.93. The predicted molar refractivity (Wildman–Crippen MR) is 121 cm³/mol. The number of benzene rings is 1. The molecule has 164 valence electrons. The summed E-state index contributed by atoms with van der Waals surface area (Å²) in [7, 11) is 0. The Morgan fingerprint density at radius 2 is 1.59 bits per heavy atom. The first-order chi connectivity index (χ1) is 13.3. The highest BCUT2D eigenvalue weighted by atomic mass is 16.5. The van der Waals surface area contributed by atoms with Crippen LogP contribution in [0.25, 0.3) is 0 Å². The molecular weight excluding hydrogens is 360 g/mol. The molecule has 1 aromatic rings. The smallest absolute Gasteiger partial charge is 0.308 e. The second-order valence-electron chi connectivity index (χ2n) is 10.9. The average molecular weight is 403 g/mol. The summed E-state index contributed by atoms with van der Waals surface area (Å²) in [6, 6.07) is 2.16. The summed E-state index contributed by atoms with van der Waals surface area (Å²) in [6.45, 7) is 19.1. The van der Waals surface area contributed by atoms with Gasteiger partial charge in [-0.15, -0.1) is 0 Å². The zero-order valence-corrected chi connectivity index (χ0v) is 20.3. The third-order valence-electron chi connectivity index (χ3n) is 5.95. The van der Waals surface area contributed by atoms with Gasteiger partial charge < -0.3 is 9.47 Å². The van der Waals surface area contributed by atoms with Crippen molar-refractivity contribution >= 4 is 5.97 Å². The molecule has 0 saturated heterocycles. The van der Waals surface area contributed by atoms with Gasteiger partial charge in [-0.05, 0) is 42.6 Å². The van der Waals surface area contributed by atoms with Gasteiger partial charge in [-0.2, -0.15) is 0 Å². The Morgan fingerprint density at radius 3 is 2.00 bits per heavy atom. The minimum atomic E-state index is -0.261. The van der Waals surface area contributed by atoms with E-state index in [2.05, 4.69) is 61.5 Å². The summed E-state index contributed by atoms with van der Waals surface area (Å²) in [5, 5.41) is 0. The molecule has 3 heteroatoms. The normalized spacial score (nSPS) is 15.8. The molecule has 0 N–H and O–H groups in total. The summed E-state index contributed by atoms with van der Waals surface area (Å²) in [6.07, 6.45) is 7.76. The first-order valence-corrected chi connectivity index (χ1v) is 11.4. The van der Waals surface area contributed by atoms with Crippen molar-refractivity contribution in [1.82, 2.24) is 0 Å². The van der Waals surface area contributed by atoms with Crippen LogP contribution < -0.4 is 9.47 Å². The molecule has 1 heterocycles. The maximum Gasteiger partial charge on any atom is 0.308 e. The van der Waals surface area contributed by atoms with Crippen molar-refractivity contribution in [3.8, 4) is 11.5 Å². The quantitative estimate of drug-likeness (QED) is 0.355. The van der Waals surface area contributed by atoms with Gasteiger partial charge in [0, 0.05) is 30.0 Å². The molecule has 0 amide bonds. The van der Waals surface area contributed by atoms with Crippen LogP contribution in [-0.4, -0.2) is 11.6 Å². The van der Waals surface area contributed by atoms with E-state index in [9.17, 15) is 4.79 Å². The molecule has 29 heavy (non-hydrogen) atoms. The lowest BCUT2D eigenvalue weighted by Crippen LogP contribution is -2.34. The zero-order valence-electron chi connectivity index (χ0n) is 20.3. The Kier molecular flexibility index (Phi) is 7.13. The third-order valence-corrected chi connectivity index (χ3v) is 5.95. The van der Waals surface area contributed by atoms with Gasteiger partial charge in [0.2, 0.25) is 0 Å². The highest BCUT2D eigenvalue weighted by molar-refractivity contribution is 5.72. The molecule has 0 spiro atoms. The first-order valence-electron chi connectivity index (χ1n) is 11.4. The number of hydrogen-bond acceptors (Lipinski definition) is 3. The van der Waals surface area contributed by atoms with Crippen LogP contribution in [-0.2, 0) is 22.0 Å². The van der Waals surface area contributed by atoms with E-state index < -0.39 is 0 Å². The van der Waals surface area contributed by atoms with Gasteiger partial charge in [-0.3, -0.25) is 4.79 Å². The van der Waals surface area contributed by atoms with Gasteiger partial charge >= 0.3 is 5.97 Å². The minimum absolute atomic E-state index is 0.127. The fourth-order valence-electron chi connectivity index (χ4n) is 4.54. The van der Waals surface area contributed by atoms with Crippen LogP contribution in [0, 0.1) is 0 Å². The zero-order chi connectivity index (χ0) is 22.0. The summed E-state index contributed by atoms with van der Waals surface area (Å²) in [5.74, 6) is 1.49. The minimum Gasteiger partial charge on any atom is -0.487 e. The van der Waals surface area contributed by atoms with Gasteiger partial charge in [0.25, 0.3) is 0 Å². The Morgan fingerprint density at radius 1 is 1.03 bits per heavy atom. The third kappa shape index (κ3) is 5.35. The molecule has 2 rings (SSSR count). The highest BCUT2D eigenvalue weighted by Crippen LogP contribution is 2.51. The molecule has 0 aliphatic carbocycles. The summed E-state index contributed by atoms with van der Waals surface area (Å²) in [4.78, 5) is 12.0. The van der Waals surface area contributed by atoms with Gasteiger partial charge in [0.1, 0.15) is 17.1 Å². The van der Waals surface area contributed by atoms with Crippen LogP contribution in [0.3, 0.4) is 0 Å². The van der Waals surface area contributed by atoms with E-state index in [1.54, 1.807) is 0 Å². The molecule has 1 aliphatic rings. The van der Waals surface area contributed by atoms with Crippen LogP contribution in [0.2, 0.25) is 0 Å². The molecule has 1 aromatic carbocycles. The molecule has 3 nitrogen and oxygen atoms in total. The molecule has 0 unspecified atom stereocenters. The van der Waals surface area contributed by atoms with Crippen molar-refractivity contribution < 1.29 is 14.3 Å². The lowest BCUT2D eigenvalue weighted by molar-refractivity contribution is -0.132. The predicted octanol–water partition coefficient (Wildman–Crippen LogP) is 7.26. The van der Waals surface area contributed by atoms with Crippen LogP contribution in [0.15, 0.2) is 6.07 Å². The van der Waals surface area contributed by atoms with Crippen LogP contribution in [0.1, 0.15) is 118 Å². The van der Waals surface area contributed by atoms with Crippen molar-refractivity contribution in [2.45, 2.75) is 124 Å². The number of fused-ring (bicyclic) bond motifs is 1. The van der Waals surface area contributed by atoms with E-state index in [0.717, 1.165) is 41.9 Å². The van der Waals surface area contributed by atoms with E-state index in [1.807, 2.05) is 0 Å². The van der Waals surface area contributed by atoms with Gasteiger partial charge in [0.15, 0.2) is 0 Å². The maximum atomic E-state index is 12.0. The molecular formula is C26H42O3. The summed E-state index contributed by atoms with van der Waals surface area (Å²) >= 11 is 0. The van der Waals surface area contributed by atoms with Crippen molar-refractivity contribution in [3.05, 3.63) is 22.8 Å². The molecule has 0 radical (unpaired) electrons. The van der Waals surface area contributed by atoms with Crippen molar-refractivity contribution in [3.63, 3.8) is 0 Å². The van der Waals surface area contributed by atoms with E-state index in [1.165, 1.54) is 38.2 Å². The molecule has 0 aromatic heterocycles. The SMILES string of the molecule is CCCCC1(CCCC)Cc2c(cc(C(C)(C)C)c(OC(C)=O)c2C(C)(C)C)O1. The van der Waals surface area contributed by atoms with Crippen LogP contribution in [0.4, 0.5) is 0 Å². The number of hydrogen-bond donors (Lipinski definition) is 0. The lowest BCUT2D eigenvalue weighted by Gasteiger charge is -2.30. The summed E-state index contributed by atoms with van der Waals surface area (Å²) in [5.41, 5.74) is 3.02. The van der Waals surface area contributed by atoms with E-state index in [-0.39, 0.29) is 22.4 Å². The molecule has 1 aliphatic heterocycles. The Bertz CT molecular complexity index is 724.